The van der Waals surface area contributed by atoms with Crippen molar-refractivity contribution in [3.8, 4) is 5.75 Å². The van der Waals surface area contributed by atoms with Gasteiger partial charge in [0.15, 0.2) is 0 Å². The first-order valence-electron chi connectivity index (χ1n) is 3.22. The Morgan fingerprint density at radius 1 is 1.36 bits per heavy atom. The largest absolute Gasteiger partial charge is 0.544 e. The van der Waals surface area contributed by atoms with Crippen LogP contribution < -0.4 is 4.52 Å². The Bertz CT molecular complexity index is 383. The van der Waals surface area contributed by atoms with Gasteiger partial charge in [0.2, 0.25) is 0 Å². The standard InChI is InChI=1S/C6H4Cl3O4P/c7-4-1-2-6(5(8)3-4)12-14(10,11)13-9/h1-3H,(H,10,11). The van der Waals surface area contributed by atoms with Crippen molar-refractivity contribution in [2.75, 3.05) is 0 Å². The number of phosphoric acid groups is 1. The Morgan fingerprint density at radius 2 is 2.00 bits per heavy atom. The van der Waals surface area contributed by atoms with Crippen molar-refractivity contribution in [2.24, 2.45) is 0 Å². The zero-order chi connectivity index (χ0) is 10.8. The lowest BCUT2D eigenvalue weighted by Crippen LogP contribution is -1.91. The molecule has 1 aromatic rings. The van der Waals surface area contributed by atoms with Gasteiger partial charge in [0, 0.05) is 5.02 Å². The first-order valence-corrected chi connectivity index (χ1v) is 5.78. The van der Waals surface area contributed by atoms with Crippen LogP contribution in [0, 0.1) is 0 Å². The van der Waals surface area contributed by atoms with Crippen LogP contribution in [0.5, 0.6) is 5.75 Å². The van der Waals surface area contributed by atoms with Crippen LogP contribution in [-0.2, 0) is 8.64 Å². The van der Waals surface area contributed by atoms with Gasteiger partial charge in [0.1, 0.15) is 5.75 Å². The summed E-state index contributed by atoms with van der Waals surface area (Å²) in [6.07, 6.45) is 0. The number of benzene rings is 1. The SMILES string of the molecule is O=P(O)(OCl)Oc1ccc(Cl)cc1Cl. The van der Waals surface area contributed by atoms with Crippen molar-refractivity contribution in [1.82, 2.24) is 0 Å². The third kappa shape index (κ3) is 3.31. The van der Waals surface area contributed by atoms with E-state index < -0.39 is 7.82 Å². The molecule has 0 heterocycles. The second-order valence-corrected chi connectivity index (χ2v) is 4.72. The van der Waals surface area contributed by atoms with Gasteiger partial charge in [-0.05, 0) is 18.2 Å². The lowest BCUT2D eigenvalue weighted by Gasteiger charge is -2.09. The lowest BCUT2D eigenvalue weighted by atomic mass is 10.3. The molecule has 1 aromatic carbocycles. The Kier molecular flexibility index (Phi) is 4.07. The maximum Gasteiger partial charge on any atom is 0.544 e. The minimum Gasteiger partial charge on any atom is -0.402 e. The minimum atomic E-state index is -4.30. The summed E-state index contributed by atoms with van der Waals surface area (Å²) in [4.78, 5) is 8.86. The predicted octanol–water partition coefficient (Wildman–Crippen LogP) is 3.64. The zero-order valence-electron chi connectivity index (χ0n) is 6.49. The van der Waals surface area contributed by atoms with Crippen LogP contribution in [0.2, 0.25) is 10.0 Å². The van der Waals surface area contributed by atoms with Crippen LogP contribution in [0.25, 0.3) is 0 Å². The molecule has 0 aromatic heterocycles. The van der Waals surface area contributed by atoms with Crippen molar-refractivity contribution in [3.05, 3.63) is 28.2 Å². The van der Waals surface area contributed by atoms with Crippen LogP contribution in [0.15, 0.2) is 18.2 Å². The van der Waals surface area contributed by atoms with E-state index in [1.54, 1.807) is 0 Å². The van der Waals surface area contributed by atoms with E-state index in [4.69, 9.17) is 40.0 Å². The molecule has 0 aliphatic carbocycles. The number of halogens is 3. The third-order valence-electron chi connectivity index (χ3n) is 1.19. The van der Waals surface area contributed by atoms with Gasteiger partial charge in [0.05, 0.1) is 16.9 Å². The van der Waals surface area contributed by atoms with Gasteiger partial charge in [-0.15, -0.1) is 0 Å². The molecule has 1 unspecified atom stereocenters. The number of phosphoric ester groups is 1. The van der Waals surface area contributed by atoms with Crippen LogP contribution in [-0.4, -0.2) is 4.89 Å². The van der Waals surface area contributed by atoms with Crippen LogP contribution in [0.1, 0.15) is 0 Å². The maximum absolute atomic E-state index is 10.9. The molecule has 0 amide bonds. The molecule has 8 heteroatoms. The number of hydrogen-bond donors (Lipinski definition) is 1. The predicted molar refractivity (Wildman–Crippen MR) is 53.9 cm³/mol. The zero-order valence-corrected chi connectivity index (χ0v) is 9.65. The van der Waals surface area contributed by atoms with Gasteiger partial charge < -0.3 is 4.52 Å². The Labute approximate surface area is 95.1 Å². The summed E-state index contributed by atoms with van der Waals surface area (Å²) in [5.41, 5.74) is 0. The normalized spacial score (nSPS) is 14.9. The van der Waals surface area contributed by atoms with Crippen LogP contribution >= 0.6 is 42.9 Å². The fraction of sp³-hybridized carbons (Fsp3) is 0. The Hall–Kier alpha value is 0.0400. The van der Waals surface area contributed by atoms with E-state index in [0.717, 1.165) is 0 Å². The summed E-state index contributed by atoms with van der Waals surface area (Å²) in [6, 6.07) is 4.12. The first kappa shape index (κ1) is 12.1. The second-order valence-electron chi connectivity index (χ2n) is 2.20. The molecule has 1 rings (SSSR count). The highest BCUT2D eigenvalue weighted by Gasteiger charge is 2.23. The van der Waals surface area contributed by atoms with E-state index >= 15 is 0 Å². The van der Waals surface area contributed by atoms with Crippen molar-refractivity contribution < 1.29 is 18.1 Å². The van der Waals surface area contributed by atoms with Crippen molar-refractivity contribution >= 4 is 42.9 Å². The summed E-state index contributed by atoms with van der Waals surface area (Å²) >= 11 is 16.0. The number of rotatable bonds is 3. The lowest BCUT2D eigenvalue weighted by molar-refractivity contribution is 0.300. The topological polar surface area (TPSA) is 55.8 Å². The molecule has 0 aliphatic rings. The highest BCUT2D eigenvalue weighted by Crippen LogP contribution is 2.47. The summed E-state index contributed by atoms with van der Waals surface area (Å²) in [5, 5.41) is 0.461. The van der Waals surface area contributed by atoms with Crippen molar-refractivity contribution in [3.63, 3.8) is 0 Å². The van der Waals surface area contributed by atoms with Crippen LogP contribution in [0.4, 0.5) is 0 Å². The van der Waals surface area contributed by atoms with Gasteiger partial charge in [0.25, 0.3) is 0 Å². The highest BCUT2D eigenvalue weighted by molar-refractivity contribution is 7.48. The quantitative estimate of drug-likeness (QED) is 0.857. The van der Waals surface area contributed by atoms with Crippen LogP contribution in [0.3, 0.4) is 0 Å². The molecule has 1 N–H and O–H groups in total. The Balaban J connectivity index is 2.93. The van der Waals surface area contributed by atoms with Crippen molar-refractivity contribution in [2.45, 2.75) is 0 Å². The molecule has 14 heavy (non-hydrogen) atoms. The molecule has 0 bridgehead atoms. The van der Waals surface area contributed by atoms with Gasteiger partial charge in [-0.1, -0.05) is 23.2 Å². The monoisotopic (exact) mass is 276 g/mol. The van der Waals surface area contributed by atoms with E-state index in [2.05, 4.69) is 8.60 Å². The molecule has 0 aliphatic heterocycles. The Morgan fingerprint density at radius 3 is 2.50 bits per heavy atom. The molecule has 1 atom stereocenters. The molecule has 0 fully saturated rings. The maximum atomic E-state index is 10.9. The van der Waals surface area contributed by atoms with E-state index in [1.165, 1.54) is 18.2 Å². The molecular formula is C6H4Cl3O4P. The average Bonchev–Trinajstić information content (AvgIpc) is 2.10. The van der Waals surface area contributed by atoms with E-state index in [-0.39, 0.29) is 10.8 Å². The van der Waals surface area contributed by atoms with Crippen molar-refractivity contribution in [1.29, 1.82) is 0 Å². The molecule has 0 saturated heterocycles. The van der Waals surface area contributed by atoms with E-state index in [1.807, 2.05) is 0 Å². The smallest absolute Gasteiger partial charge is 0.402 e. The van der Waals surface area contributed by atoms with E-state index in [9.17, 15) is 4.57 Å². The minimum absolute atomic E-state index is 0.0393. The highest BCUT2D eigenvalue weighted by atomic mass is 35.5. The fourth-order valence-corrected chi connectivity index (χ4v) is 1.71. The van der Waals surface area contributed by atoms with Gasteiger partial charge >= 0.3 is 7.82 Å². The van der Waals surface area contributed by atoms with Gasteiger partial charge in [-0.2, -0.15) is 4.08 Å². The number of hydrogen-bond acceptors (Lipinski definition) is 3. The average molecular weight is 277 g/mol. The first-order chi connectivity index (χ1) is 6.44. The van der Waals surface area contributed by atoms with E-state index in [0.29, 0.717) is 5.02 Å². The third-order valence-corrected chi connectivity index (χ3v) is 2.85. The molecule has 78 valence electrons. The van der Waals surface area contributed by atoms with Gasteiger partial charge in [-0.25, -0.2) is 4.57 Å². The van der Waals surface area contributed by atoms with Gasteiger partial charge in [-0.3, -0.25) is 4.89 Å². The summed E-state index contributed by atoms with van der Waals surface area (Å²) in [7, 11) is -4.30. The summed E-state index contributed by atoms with van der Waals surface area (Å²) in [5.74, 6) is -0.0393. The summed E-state index contributed by atoms with van der Waals surface area (Å²) < 4.78 is 19.1. The second kappa shape index (κ2) is 4.71. The summed E-state index contributed by atoms with van der Waals surface area (Å²) in [6.45, 7) is 0. The molecule has 0 radical (unpaired) electrons. The molecular weight excluding hydrogens is 273 g/mol. The molecule has 0 saturated carbocycles. The molecule has 0 spiro atoms. The fourth-order valence-electron chi connectivity index (χ4n) is 0.688. The molecule has 4 nitrogen and oxygen atoms in total.